The van der Waals surface area contributed by atoms with Gasteiger partial charge in [-0.15, -0.1) is 0 Å². The van der Waals surface area contributed by atoms with Crippen molar-refractivity contribution in [2.75, 3.05) is 39.8 Å². The molecule has 0 spiro atoms. The van der Waals surface area contributed by atoms with Gasteiger partial charge in [0.25, 0.3) is 0 Å². The van der Waals surface area contributed by atoms with E-state index in [0.717, 1.165) is 25.3 Å². The molecule has 2 amide bonds. The van der Waals surface area contributed by atoms with Crippen molar-refractivity contribution in [1.29, 1.82) is 0 Å². The standard InChI is InChI=1S/C18H27N3O3/c1-14(20-10-12-21(13-11-20)15(2)22)18(23)19-9-8-16-4-6-17(24-3)7-5-16/h4-7,14H,8-13H2,1-3H3,(H,19,23)/t14-/m0/s1. The molecule has 132 valence electrons. The predicted molar refractivity (Wildman–Crippen MR) is 93.0 cm³/mol. The molecular formula is C18H27N3O3. The molecule has 1 saturated heterocycles. The summed E-state index contributed by atoms with van der Waals surface area (Å²) in [7, 11) is 1.65. The van der Waals surface area contributed by atoms with Gasteiger partial charge in [-0.05, 0) is 31.0 Å². The highest BCUT2D eigenvalue weighted by atomic mass is 16.5. The number of hydrogen-bond donors (Lipinski definition) is 1. The van der Waals surface area contributed by atoms with E-state index in [-0.39, 0.29) is 17.9 Å². The van der Waals surface area contributed by atoms with Crippen LogP contribution in [0.5, 0.6) is 5.75 Å². The van der Waals surface area contributed by atoms with Gasteiger partial charge in [-0.3, -0.25) is 14.5 Å². The van der Waals surface area contributed by atoms with Crippen LogP contribution in [0.1, 0.15) is 19.4 Å². The Bertz CT molecular complexity index is 551. The van der Waals surface area contributed by atoms with Crippen molar-refractivity contribution in [3.05, 3.63) is 29.8 Å². The second kappa shape index (κ2) is 8.68. The molecule has 1 heterocycles. The normalized spacial score (nSPS) is 16.5. The summed E-state index contributed by atoms with van der Waals surface area (Å²) in [6.07, 6.45) is 0.792. The van der Waals surface area contributed by atoms with Crippen molar-refractivity contribution in [3.63, 3.8) is 0 Å². The van der Waals surface area contributed by atoms with E-state index in [4.69, 9.17) is 4.74 Å². The van der Waals surface area contributed by atoms with E-state index in [1.54, 1.807) is 14.0 Å². The maximum atomic E-state index is 12.3. The van der Waals surface area contributed by atoms with Gasteiger partial charge >= 0.3 is 0 Å². The zero-order chi connectivity index (χ0) is 17.5. The molecule has 2 rings (SSSR count). The summed E-state index contributed by atoms with van der Waals surface area (Å²) in [5, 5.41) is 3.00. The van der Waals surface area contributed by atoms with E-state index in [1.165, 1.54) is 5.56 Å². The second-order valence-electron chi connectivity index (χ2n) is 6.11. The molecular weight excluding hydrogens is 306 g/mol. The Morgan fingerprint density at radius 1 is 1.17 bits per heavy atom. The minimum atomic E-state index is -0.171. The zero-order valence-corrected chi connectivity index (χ0v) is 14.7. The molecule has 1 aliphatic heterocycles. The highest BCUT2D eigenvalue weighted by molar-refractivity contribution is 5.81. The SMILES string of the molecule is COc1ccc(CCNC(=O)[C@H](C)N2CCN(C(C)=O)CC2)cc1. The molecule has 1 aliphatic rings. The van der Waals surface area contributed by atoms with Crippen LogP contribution in [0.3, 0.4) is 0 Å². The van der Waals surface area contributed by atoms with Crippen LogP contribution >= 0.6 is 0 Å². The van der Waals surface area contributed by atoms with Crippen LogP contribution < -0.4 is 10.1 Å². The average molecular weight is 333 g/mol. The van der Waals surface area contributed by atoms with E-state index in [9.17, 15) is 9.59 Å². The van der Waals surface area contributed by atoms with Crippen LogP contribution in [-0.2, 0) is 16.0 Å². The smallest absolute Gasteiger partial charge is 0.237 e. The van der Waals surface area contributed by atoms with Gasteiger partial charge in [0.15, 0.2) is 0 Å². The first-order chi connectivity index (χ1) is 11.5. The number of nitrogens with zero attached hydrogens (tertiary/aromatic N) is 2. The Morgan fingerprint density at radius 3 is 2.33 bits per heavy atom. The molecule has 1 atom stereocenters. The lowest BCUT2D eigenvalue weighted by Gasteiger charge is -2.37. The second-order valence-corrected chi connectivity index (χ2v) is 6.11. The predicted octanol–water partition coefficient (Wildman–Crippen LogP) is 0.907. The Hall–Kier alpha value is -2.08. The molecule has 6 heteroatoms. The van der Waals surface area contributed by atoms with Crippen LogP contribution in [0, 0.1) is 0 Å². The molecule has 0 bridgehead atoms. The molecule has 1 aromatic rings. The number of amides is 2. The fraction of sp³-hybridized carbons (Fsp3) is 0.556. The molecule has 0 aliphatic carbocycles. The van der Waals surface area contributed by atoms with E-state index < -0.39 is 0 Å². The monoisotopic (exact) mass is 333 g/mol. The number of hydrogen-bond acceptors (Lipinski definition) is 4. The average Bonchev–Trinajstić information content (AvgIpc) is 2.61. The lowest BCUT2D eigenvalue weighted by molar-refractivity contribution is -0.132. The number of carbonyl (C=O) groups is 2. The van der Waals surface area contributed by atoms with Gasteiger partial charge in [0.2, 0.25) is 11.8 Å². The van der Waals surface area contributed by atoms with Crippen molar-refractivity contribution in [2.24, 2.45) is 0 Å². The van der Waals surface area contributed by atoms with Crippen LogP contribution in [0.25, 0.3) is 0 Å². The van der Waals surface area contributed by atoms with E-state index in [2.05, 4.69) is 10.2 Å². The number of carbonyl (C=O) groups excluding carboxylic acids is 2. The van der Waals surface area contributed by atoms with E-state index in [1.807, 2.05) is 36.1 Å². The number of ether oxygens (including phenoxy) is 1. The maximum absolute atomic E-state index is 12.3. The molecule has 0 saturated carbocycles. The Morgan fingerprint density at radius 2 is 1.79 bits per heavy atom. The highest BCUT2D eigenvalue weighted by Gasteiger charge is 2.26. The maximum Gasteiger partial charge on any atom is 0.237 e. The Balaban J connectivity index is 1.72. The summed E-state index contributed by atoms with van der Waals surface area (Å²) >= 11 is 0. The summed E-state index contributed by atoms with van der Waals surface area (Å²) in [6.45, 7) is 7.00. The molecule has 24 heavy (non-hydrogen) atoms. The highest BCUT2D eigenvalue weighted by Crippen LogP contribution is 2.11. The van der Waals surface area contributed by atoms with E-state index >= 15 is 0 Å². The molecule has 6 nitrogen and oxygen atoms in total. The third-order valence-electron chi connectivity index (χ3n) is 4.56. The largest absolute Gasteiger partial charge is 0.497 e. The van der Waals surface area contributed by atoms with Crippen LogP contribution in [0.4, 0.5) is 0 Å². The molecule has 0 unspecified atom stereocenters. The number of rotatable bonds is 6. The first-order valence-corrected chi connectivity index (χ1v) is 8.41. The van der Waals surface area contributed by atoms with Gasteiger partial charge in [-0.25, -0.2) is 0 Å². The van der Waals surface area contributed by atoms with Crippen LogP contribution in [0.2, 0.25) is 0 Å². The number of nitrogens with one attached hydrogen (secondary N) is 1. The van der Waals surface area contributed by atoms with Crippen molar-refractivity contribution in [3.8, 4) is 5.75 Å². The van der Waals surface area contributed by atoms with E-state index in [0.29, 0.717) is 19.6 Å². The van der Waals surface area contributed by atoms with Gasteiger partial charge in [-0.1, -0.05) is 12.1 Å². The number of benzene rings is 1. The zero-order valence-electron chi connectivity index (χ0n) is 14.7. The van der Waals surface area contributed by atoms with Gasteiger partial charge in [-0.2, -0.15) is 0 Å². The van der Waals surface area contributed by atoms with Crippen molar-refractivity contribution in [1.82, 2.24) is 15.1 Å². The van der Waals surface area contributed by atoms with Crippen LogP contribution in [-0.4, -0.2) is 67.5 Å². The topological polar surface area (TPSA) is 61.9 Å². The summed E-state index contributed by atoms with van der Waals surface area (Å²) in [5.41, 5.74) is 1.17. The van der Waals surface area contributed by atoms with Gasteiger partial charge in [0.05, 0.1) is 13.2 Å². The minimum absolute atomic E-state index is 0.0415. The summed E-state index contributed by atoms with van der Waals surface area (Å²) in [5.74, 6) is 0.979. The lowest BCUT2D eigenvalue weighted by atomic mass is 10.1. The molecule has 0 aromatic heterocycles. The summed E-state index contributed by atoms with van der Waals surface area (Å²) in [4.78, 5) is 27.6. The molecule has 1 aromatic carbocycles. The molecule has 1 N–H and O–H groups in total. The van der Waals surface area contributed by atoms with Gasteiger partial charge in [0.1, 0.15) is 5.75 Å². The summed E-state index contributed by atoms with van der Waals surface area (Å²) in [6, 6.07) is 7.70. The quantitative estimate of drug-likeness (QED) is 0.840. The van der Waals surface area contributed by atoms with Crippen molar-refractivity contribution < 1.29 is 14.3 Å². The van der Waals surface area contributed by atoms with Gasteiger partial charge < -0.3 is 15.0 Å². The summed E-state index contributed by atoms with van der Waals surface area (Å²) < 4.78 is 5.13. The molecule has 0 radical (unpaired) electrons. The first-order valence-electron chi connectivity index (χ1n) is 8.41. The van der Waals surface area contributed by atoms with Crippen LogP contribution in [0.15, 0.2) is 24.3 Å². The van der Waals surface area contributed by atoms with Gasteiger partial charge in [0, 0.05) is 39.6 Å². The lowest BCUT2D eigenvalue weighted by Crippen LogP contribution is -2.54. The van der Waals surface area contributed by atoms with Crippen molar-refractivity contribution >= 4 is 11.8 Å². The van der Waals surface area contributed by atoms with Crippen molar-refractivity contribution in [2.45, 2.75) is 26.3 Å². The fourth-order valence-electron chi connectivity index (χ4n) is 2.86. The Kier molecular flexibility index (Phi) is 6.61. The third-order valence-corrected chi connectivity index (χ3v) is 4.56. The Labute approximate surface area is 143 Å². The fourth-order valence-corrected chi connectivity index (χ4v) is 2.86. The third kappa shape index (κ3) is 4.96. The first kappa shape index (κ1) is 18.3. The number of methoxy groups -OCH3 is 1. The minimum Gasteiger partial charge on any atom is -0.497 e. The number of piperazine rings is 1. The molecule has 1 fully saturated rings.